The van der Waals surface area contributed by atoms with Crippen LogP contribution in [0.2, 0.25) is 0 Å². The number of para-hydroxylation sites is 1. The third-order valence-corrected chi connectivity index (χ3v) is 7.87. The van der Waals surface area contributed by atoms with Crippen molar-refractivity contribution in [3.05, 3.63) is 60.2 Å². The highest BCUT2D eigenvalue weighted by Crippen LogP contribution is 2.49. The first-order chi connectivity index (χ1) is 18.1. The molecule has 0 amide bonds. The van der Waals surface area contributed by atoms with E-state index in [4.69, 9.17) is 22.4 Å². The first-order valence-corrected chi connectivity index (χ1v) is 14.2. The van der Waals surface area contributed by atoms with Crippen LogP contribution < -0.4 is 10.2 Å². The zero-order chi connectivity index (χ0) is 28.2. The molecule has 0 aliphatic carbocycles. The smallest absolute Gasteiger partial charge is 0.328 e. The van der Waals surface area contributed by atoms with Gasteiger partial charge in [-0.1, -0.05) is 76.3 Å². The molecule has 7 nitrogen and oxygen atoms in total. The number of carbonyl (C=O) groups is 2. The maximum atomic E-state index is 9.55. The summed E-state index contributed by atoms with van der Waals surface area (Å²) in [6, 6.07) is 15.8. The summed E-state index contributed by atoms with van der Waals surface area (Å²) in [6.45, 7) is 15.4. The van der Waals surface area contributed by atoms with Crippen LogP contribution in [0.25, 0.3) is 0 Å². The van der Waals surface area contributed by atoms with Gasteiger partial charge in [0.1, 0.15) is 4.99 Å². The van der Waals surface area contributed by atoms with Crippen molar-refractivity contribution >= 4 is 52.3 Å². The molecule has 0 fully saturated rings. The Bertz CT molecular complexity index is 1120. The van der Waals surface area contributed by atoms with E-state index >= 15 is 0 Å². The maximum absolute atomic E-state index is 9.55. The van der Waals surface area contributed by atoms with Gasteiger partial charge in [0, 0.05) is 46.6 Å². The van der Waals surface area contributed by atoms with E-state index in [0.717, 1.165) is 43.2 Å². The minimum absolute atomic E-state index is 0.364. The highest BCUT2D eigenvalue weighted by molar-refractivity contribution is 7.99. The Kier molecular flexibility index (Phi) is 12.8. The fourth-order valence-electron chi connectivity index (χ4n) is 3.99. The second-order valence-electron chi connectivity index (χ2n) is 9.19. The third-order valence-electron chi connectivity index (χ3n) is 6.36. The largest absolute Gasteiger partial charge is 0.478 e. The van der Waals surface area contributed by atoms with Crippen LogP contribution in [0.1, 0.15) is 46.6 Å². The number of likely N-dealkylation sites (N-methyl/N-ethyl adjacent to an activating group) is 1. The van der Waals surface area contributed by atoms with Crippen molar-refractivity contribution in [3.8, 4) is 0 Å². The third kappa shape index (κ3) is 9.15. The fraction of sp³-hybridized carbons (Fsp3) is 0.414. The normalized spacial score (nSPS) is 13.7. The highest BCUT2D eigenvalue weighted by Gasteiger charge is 2.28. The molecule has 0 saturated heterocycles. The van der Waals surface area contributed by atoms with Crippen LogP contribution in [-0.2, 0) is 9.59 Å². The lowest BCUT2D eigenvalue weighted by atomic mass is 10.1. The van der Waals surface area contributed by atoms with Gasteiger partial charge in [-0.15, -0.1) is 0 Å². The van der Waals surface area contributed by atoms with Gasteiger partial charge in [-0.2, -0.15) is 0 Å². The van der Waals surface area contributed by atoms with E-state index < -0.39 is 11.9 Å². The van der Waals surface area contributed by atoms with Crippen molar-refractivity contribution in [2.75, 3.05) is 31.1 Å². The van der Waals surface area contributed by atoms with Crippen molar-refractivity contribution in [3.63, 3.8) is 0 Å². The van der Waals surface area contributed by atoms with Gasteiger partial charge in [0.05, 0.1) is 11.4 Å². The summed E-state index contributed by atoms with van der Waals surface area (Å²) in [4.78, 5) is 27.6. The lowest BCUT2D eigenvalue weighted by Gasteiger charge is -2.39. The number of hydrogen-bond acceptors (Lipinski definition) is 6. The van der Waals surface area contributed by atoms with Crippen LogP contribution in [-0.4, -0.2) is 64.3 Å². The Labute approximate surface area is 235 Å². The van der Waals surface area contributed by atoms with Crippen molar-refractivity contribution in [1.29, 1.82) is 0 Å². The minimum atomic E-state index is -1.26. The molecule has 0 radical (unpaired) electrons. The topological polar surface area (TPSA) is 93.1 Å². The zero-order valence-corrected chi connectivity index (χ0v) is 24.4. The van der Waals surface area contributed by atoms with E-state index in [9.17, 15) is 9.59 Å². The molecule has 9 heteroatoms. The maximum Gasteiger partial charge on any atom is 0.328 e. The predicted octanol–water partition coefficient (Wildman–Crippen LogP) is 6.04. The summed E-state index contributed by atoms with van der Waals surface area (Å²) < 4.78 is 0. The van der Waals surface area contributed by atoms with E-state index in [1.807, 2.05) is 11.8 Å². The summed E-state index contributed by atoms with van der Waals surface area (Å²) in [5.41, 5.74) is 3.67. The molecule has 1 heterocycles. The molecule has 3 rings (SSSR count). The number of rotatable bonds is 11. The van der Waals surface area contributed by atoms with E-state index in [1.165, 1.54) is 21.2 Å². The molecule has 1 aliphatic rings. The van der Waals surface area contributed by atoms with Crippen LogP contribution in [0.5, 0.6) is 0 Å². The van der Waals surface area contributed by atoms with Crippen molar-refractivity contribution in [1.82, 2.24) is 10.2 Å². The fourth-order valence-corrected chi connectivity index (χ4v) is 5.25. The molecule has 2 atom stereocenters. The van der Waals surface area contributed by atoms with Crippen LogP contribution in [0.15, 0.2) is 64.4 Å². The SMILES string of the molecule is CCC(C)CNC(=S)c1ccc2c(c1)N(C(C)CN(CC)CC)c1ccccc1S2.O=C(O)/C=C/C(=O)O. The van der Waals surface area contributed by atoms with Crippen molar-refractivity contribution < 1.29 is 19.8 Å². The average Bonchev–Trinajstić information content (AvgIpc) is 2.91. The molecule has 1 aliphatic heterocycles. The minimum Gasteiger partial charge on any atom is -0.478 e. The number of nitrogens with zero attached hydrogens (tertiary/aromatic N) is 2. The quantitative estimate of drug-likeness (QED) is 0.226. The van der Waals surface area contributed by atoms with Gasteiger partial charge in [0.25, 0.3) is 0 Å². The number of hydrogen-bond donors (Lipinski definition) is 3. The molecule has 38 heavy (non-hydrogen) atoms. The van der Waals surface area contributed by atoms with Gasteiger partial charge in [0.2, 0.25) is 0 Å². The monoisotopic (exact) mass is 557 g/mol. The molecule has 0 bridgehead atoms. The molecule has 206 valence electrons. The Morgan fingerprint density at radius 2 is 1.61 bits per heavy atom. The van der Waals surface area contributed by atoms with Gasteiger partial charge in [0.15, 0.2) is 0 Å². The molecule has 0 spiro atoms. The van der Waals surface area contributed by atoms with Gasteiger partial charge < -0.3 is 25.3 Å². The molecule has 2 aromatic rings. The Hall–Kier alpha value is -2.88. The van der Waals surface area contributed by atoms with Crippen molar-refractivity contribution in [2.24, 2.45) is 5.92 Å². The highest BCUT2D eigenvalue weighted by atomic mass is 32.2. The Morgan fingerprint density at radius 1 is 1.00 bits per heavy atom. The molecule has 3 N–H and O–H groups in total. The molecule has 2 unspecified atom stereocenters. The number of thiocarbonyl (C=S) groups is 1. The molecule has 2 aromatic carbocycles. The average molecular weight is 558 g/mol. The number of aliphatic carboxylic acids is 2. The number of anilines is 2. The summed E-state index contributed by atoms with van der Waals surface area (Å²) >= 11 is 7.59. The lowest BCUT2D eigenvalue weighted by molar-refractivity contribution is -0.134. The van der Waals surface area contributed by atoms with Gasteiger partial charge in [-0.3, -0.25) is 0 Å². The van der Waals surface area contributed by atoms with Gasteiger partial charge >= 0.3 is 11.9 Å². The summed E-state index contributed by atoms with van der Waals surface area (Å²) in [5, 5.41) is 19.1. The lowest BCUT2D eigenvalue weighted by Crippen LogP contribution is -2.41. The first-order valence-electron chi connectivity index (χ1n) is 13.0. The second-order valence-corrected chi connectivity index (χ2v) is 10.7. The first kappa shape index (κ1) is 31.3. The van der Waals surface area contributed by atoms with E-state index in [1.54, 1.807) is 0 Å². The number of nitrogens with one attached hydrogen (secondary N) is 1. The van der Waals surface area contributed by atoms with Crippen LogP contribution in [0.3, 0.4) is 0 Å². The summed E-state index contributed by atoms with van der Waals surface area (Å²) in [5.74, 6) is -1.89. The molecular formula is C29H39N3O4S2. The standard InChI is InChI=1S/C25H35N3S2.C4H4O4/c1-6-18(4)16-26-25(29)20-13-14-24-22(15-20)28(19(5)17-27(7-2)8-3)21-11-9-10-12-23(21)30-24;5-3(6)1-2-4(7)8/h9-15,18-19H,6-8,16-17H2,1-5H3,(H,26,29);1-2H,(H,5,6)(H,7,8)/b;2-1+. The van der Waals surface area contributed by atoms with Crippen LogP contribution in [0.4, 0.5) is 11.4 Å². The number of carboxylic acid groups (broad SMARTS) is 2. The Morgan fingerprint density at radius 3 is 2.18 bits per heavy atom. The second kappa shape index (κ2) is 15.5. The van der Waals surface area contributed by atoms with E-state index in [-0.39, 0.29) is 0 Å². The zero-order valence-electron chi connectivity index (χ0n) is 22.8. The summed E-state index contributed by atoms with van der Waals surface area (Å²) in [6.07, 6.45) is 2.27. The van der Waals surface area contributed by atoms with Crippen LogP contribution in [0, 0.1) is 5.92 Å². The number of benzene rings is 2. The molecule has 0 aromatic heterocycles. The van der Waals surface area contributed by atoms with Crippen LogP contribution >= 0.6 is 24.0 Å². The van der Waals surface area contributed by atoms with Crippen molar-refractivity contribution in [2.45, 2.75) is 56.9 Å². The predicted molar refractivity (Wildman–Crippen MR) is 160 cm³/mol. The van der Waals surface area contributed by atoms with E-state index in [0.29, 0.717) is 24.1 Å². The number of fused-ring (bicyclic) bond motifs is 2. The van der Waals surface area contributed by atoms with Gasteiger partial charge in [-0.05, 0) is 50.2 Å². The van der Waals surface area contributed by atoms with E-state index in [2.05, 4.69) is 92.2 Å². The molecule has 0 saturated carbocycles. The Balaban J connectivity index is 0.000000550. The van der Waals surface area contributed by atoms with Gasteiger partial charge in [-0.25, -0.2) is 9.59 Å². The summed E-state index contributed by atoms with van der Waals surface area (Å²) in [7, 11) is 0. The number of carboxylic acids is 2. The molecular weight excluding hydrogens is 518 g/mol.